The van der Waals surface area contributed by atoms with Gasteiger partial charge < -0.3 is 15.4 Å². The molecule has 0 aromatic heterocycles. The normalized spacial score (nSPS) is 31.9. The Hall–Kier alpha value is -0.460. The maximum absolute atomic E-state index is 12.0. The third-order valence-electron chi connectivity index (χ3n) is 3.14. The monoisotopic (exact) mass is 246 g/mol. The summed E-state index contributed by atoms with van der Waals surface area (Å²) in [6, 6.07) is 0. The lowest BCUT2D eigenvalue weighted by atomic mass is 10.2. The van der Waals surface area contributed by atoms with E-state index in [4.69, 9.17) is 10.5 Å². The smallest absolute Gasteiger partial charge is 0.251 e. The Balaban J connectivity index is 1.86. The van der Waals surface area contributed by atoms with Crippen molar-refractivity contribution < 1.29 is 13.7 Å². The zero-order valence-electron chi connectivity index (χ0n) is 9.26. The molecule has 2 fully saturated rings. The molecule has 0 radical (unpaired) electrons. The number of ether oxygens (including phenoxy) is 1. The minimum Gasteiger partial charge on any atom is -0.364 e. The first-order chi connectivity index (χ1) is 7.70. The molecule has 6 heteroatoms. The van der Waals surface area contributed by atoms with Crippen molar-refractivity contribution in [2.45, 2.75) is 25.0 Å². The van der Waals surface area contributed by atoms with Crippen molar-refractivity contribution in [2.24, 2.45) is 5.73 Å². The van der Waals surface area contributed by atoms with Crippen molar-refractivity contribution in [1.29, 1.82) is 0 Å². The minimum atomic E-state index is -0.742. The summed E-state index contributed by atoms with van der Waals surface area (Å²) in [6.45, 7) is 1.67. The lowest BCUT2D eigenvalue weighted by Gasteiger charge is -2.28. The number of nitrogens with two attached hydrogens (primary N) is 1. The quantitative estimate of drug-likeness (QED) is 0.684. The molecule has 1 amide bonds. The number of hydrogen-bond donors (Lipinski definition) is 1. The van der Waals surface area contributed by atoms with Gasteiger partial charge in [0.25, 0.3) is 5.91 Å². The molecule has 0 aromatic rings. The predicted molar refractivity (Wildman–Crippen MR) is 61.4 cm³/mol. The van der Waals surface area contributed by atoms with Crippen molar-refractivity contribution >= 4 is 16.7 Å². The van der Waals surface area contributed by atoms with E-state index in [1.165, 1.54) is 0 Å². The zero-order chi connectivity index (χ0) is 11.5. The Bertz CT molecular complexity index is 288. The standard InChI is InChI=1S/C10H18N2O3S/c11-7-8-1-2-9(15-8)10(13)12-3-5-16(14)6-4-12/h8-9H,1-7,11H2. The van der Waals surface area contributed by atoms with Gasteiger partial charge in [0.2, 0.25) is 0 Å². The molecule has 2 aliphatic rings. The van der Waals surface area contributed by atoms with Crippen LogP contribution in [0.3, 0.4) is 0 Å². The first kappa shape index (κ1) is 12.0. The Labute approximate surface area is 97.8 Å². The topological polar surface area (TPSA) is 72.6 Å². The average molecular weight is 246 g/mol. The molecule has 5 nitrogen and oxygen atoms in total. The molecule has 2 N–H and O–H groups in total. The maximum atomic E-state index is 12.0. The first-order valence-corrected chi connectivity index (χ1v) is 7.19. The zero-order valence-corrected chi connectivity index (χ0v) is 10.1. The van der Waals surface area contributed by atoms with E-state index in [0.29, 0.717) is 31.1 Å². The molecular formula is C10H18N2O3S. The SMILES string of the molecule is NCC1CCC(C(=O)N2CCS(=O)CC2)O1. The van der Waals surface area contributed by atoms with Crippen LogP contribution in [0.15, 0.2) is 0 Å². The fourth-order valence-electron chi connectivity index (χ4n) is 2.12. The highest BCUT2D eigenvalue weighted by molar-refractivity contribution is 7.85. The van der Waals surface area contributed by atoms with Crippen LogP contribution in [0, 0.1) is 0 Å². The number of rotatable bonds is 2. The predicted octanol–water partition coefficient (Wildman–Crippen LogP) is -0.916. The third-order valence-corrected chi connectivity index (χ3v) is 4.41. The van der Waals surface area contributed by atoms with Crippen molar-refractivity contribution in [3.63, 3.8) is 0 Å². The van der Waals surface area contributed by atoms with Gasteiger partial charge in [-0.3, -0.25) is 9.00 Å². The number of hydrogen-bond acceptors (Lipinski definition) is 4. The summed E-state index contributed by atoms with van der Waals surface area (Å²) in [7, 11) is -0.742. The molecule has 2 atom stereocenters. The Morgan fingerprint density at radius 2 is 2.06 bits per heavy atom. The second kappa shape index (κ2) is 5.25. The van der Waals surface area contributed by atoms with E-state index >= 15 is 0 Å². The van der Waals surface area contributed by atoms with Gasteiger partial charge in [-0.2, -0.15) is 0 Å². The number of carbonyl (C=O) groups excluding carboxylic acids is 1. The molecule has 0 bridgehead atoms. The minimum absolute atomic E-state index is 0.0351. The van der Waals surface area contributed by atoms with Crippen molar-refractivity contribution in [1.82, 2.24) is 4.90 Å². The molecule has 0 saturated carbocycles. The number of nitrogens with zero attached hydrogens (tertiary/aromatic N) is 1. The molecule has 2 rings (SSSR count). The van der Waals surface area contributed by atoms with Crippen molar-refractivity contribution in [3.05, 3.63) is 0 Å². The second-order valence-electron chi connectivity index (χ2n) is 4.23. The van der Waals surface area contributed by atoms with Crippen molar-refractivity contribution in [2.75, 3.05) is 31.1 Å². The maximum Gasteiger partial charge on any atom is 0.251 e. The summed E-state index contributed by atoms with van der Waals surface area (Å²) in [5.74, 6) is 1.24. The van der Waals surface area contributed by atoms with Gasteiger partial charge in [-0.05, 0) is 12.8 Å². The highest BCUT2D eigenvalue weighted by atomic mass is 32.2. The summed E-state index contributed by atoms with van der Waals surface area (Å²) >= 11 is 0. The summed E-state index contributed by atoms with van der Waals surface area (Å²) in [5.41, 5.74) is 5.50. The molecule has 2 aliphatic heterocycles. The van der Waals surface area contributed by atoms with Crippen LogP contribution in [0.1, 0.15) is 12.8 Å². The molecule has 2 saturated heterocycles. The Kier molecular flexibility index (Phi) is 3.94. The summed E-state index contributed by atoms with van der Waals surface area (Å²) in [5, 5.41) is 0. The van der Waals surface area contributed by atoms with Crippen LogP contribution in [-0.4, -0.2) is 58.4 Å². The highest BCUT2D eigenvalue weighted by Gasteiger charge is 2.33. The van der Waals surface area contributed by atoms with Gasteiger partial charge in [-0.1, -0.05) is 0 Å². The van der Waals surface area contributed by atoms with E-state index in [1.54, 1.807) is 4.90 Å². The molecule has 2 unspecified atom stereocenters. The first-order valence-electron chi connectivity index (χ1n) is 5.70. The highest BCUT2D eigenvalue weighted by Crippen LogP contribution is 2.21. The van der Waals surface area contributed by atoms with Gasteiger partial charge in [0.1, 0.15) is 6.10 Å². The third kappa shape index (κ3) is 2.61. The van der Waals surface area contributed by atoms with Crippen molar-refractivity contribution in [3.8, 4) is 0 Å². The number of carbonyl (C=O) groups is 1. The second-order valence-corrected chi connectivity index (χ2v) is 5.93. The van der Waals surface area contributed by atoms with E-state index < -0.39 is 10.8 Å². The fourth-order valence-corrected chi connectivity index (χ4v) is 3.17. The van der Waals surface area contributed by atoms with Crippen LogP contribution < -0.4 is 5.73 Å². The van der Waals surface area contributed by atoms with Gasteiger partial charge in [-0.15, -0.1) is 0 Å². The van der Waals surface area contributed by atoms with Gasteiger partial charge in [0.05, 0.1) is 6.10 Å². The van der Waals surface area contributed by atoms with Crippen LogP contribution in [0.2, 0.25) is 0 Å². The lowest BCUT2D eigenvalue weighted by molar-refractivity contribution is -0.142. The summed E-state index contributed by atoms with van der Waals surface area (Å²) in [6.07, 6.45) is 1.35. The Morgan fingerprint density at radius 3 is 2.62 bits per heavy atom. The van der Waals surface area contributed by atoms with Crippen LogP contribution in [0.25, 0.3) is 0 Å². The molecule has 92 valence electrons. The van der Waals surface area contributed by atoms with Gasteiger partial charge in [-0.25, -0.2) is 0 Å². The average Bonchev–Trinajstić information content (AvgIpc) is 2.77. The van der Waals surface area contributed by atoms with E-state index in [-0.39, 0.29) is 18.1 Å². The van der Waals surface area contributed by atoms with E-state index in [0.717, 1.165) is 12.8 Å². The van der Waals surface area contributed by atoms with Crippen LogP contribution >= 0.6 is 0 Å². The summed E-state index contributed by atoms with van der Waals surface area (Å²) in [4.78, 5) is 13.8. The molecule has 0 aliphatic carbocycles. The molecule has 0 aromatic carbocycles. The van der Waals surface area contributed by atoms with Crippen LogP contribution in [0.4, 0.5) is 0 Å². The van der Waals surface area contributed by atoms with Gasteiger partial charge in [0.15, 0.2) is 0 Å². The molecule has 0 spiro atoms. The molecular weight excluding hydrogens is 228 g/mol. The summed E-state index contributed by atoms with van der Waals surface area (Å²) < 4.78 is 16.7. The fraction of sp³-hybridized carbons (Fsp3) is 0.900. The molecule has 2 heterocycles. The Morgan fingerprint density at radius 1 is 1.38 bits per heavy atom. The van der Waals surface area contributed by atoms with E-state index in [2.05, 4.69) is 0 Å². The molecule has 16 heavy (non-hydrogen) atoms. The lowest BCUT2D eigenvalue weighted by Crippen LogP contribution is -2.46. The van der Waals surface area contributed by atoms with Gasteiger partial charge in [0, 0.05) is 41.9 Å². The largest absolute Gasteiger partial charge is 0.364 e. The van der Waals surface area contributed by atoms with Gasteiger partial charge >= 0.3 is 0 Å². The van der Waals surface area contributed by atoms with Crippen LogP contribution in [-0.2, 0) is 20.3 Å². The van der Waals surface area contributed by atoms with E-state index in [9.17, 15) is 9.00 Å². The van der Waals surface area contributed by atoms with E-state index in [1.807, 2.05) is 0 Å². The van der Waals surface area contributed by atoms with Crippen LogP contribution in [0.5, 0.6) is 0 Å². The number of amides is 1.